The van der Waals surface area contributed by atoms with Crippen LogP contribution in [0.15, 0.2) is 47.6 Å². The number of benzene rings is 1. The summed E-state index contributed by atoms with van der Waals surface area (Å²) in [4.78, 5) is 47.8. The summed E-state index contributed by atoms with van der Waals surface area (Å²) in [5, 5.41) is 0. The molecule has 0 N–H and O–H groups in total. The normalized spacial score (nSPS) is 15.5. The van der Waals surface area contributed by atoms with E-state index in [1.54, 1.807) is 6.07 Å². The Morgan fingerprint density at radius 3 is 2.38 bits per heavy atom. The summed E-state index contributed by atoms with van der Waals surface area (Å²) < 4.78 is 10.3. The highest BCUT2D eigenvalue weighted by atomic mass is 16.5. The van der Waals surface area contributed by atoms with Gasteiger partial charge in [0, 0.05) is 25.0 Å². The lowest BCUT2D eigenvalue weighted by Gasteiger charge is -2.25. The molecule has 0 unspecified atom stereocenters. The summed E-state index contributed by atoms with van der Waals surface area (Å²) in [5.41, 5.74) is 0.461. The third-order valence-corrected chi connectivity index (χ3v) is 3.50. The maximum Gasteiger partial charge on any atom is 0.308 e. The van der Waals surface area contributed by atoms with Crippen LogP contribution in [0.25, 0.3) is 5.76 Å². The molecule has 3 rings (SSSR count). The van der Waals surface area contributed by atoms with Crippen molar-refractivity contribution in [1.82, 2.24) is 0 Å². The van der Waals surface area contributed by atoms with Gasteiger partial charge in [0.25, 0.3) is 0 Å². The van der Waals surface area contributed by atoms with Crippen molar-refractivity contribution in [2.45, 2.75) is 13.8 Å². The van der Waals surface area contributed by atoms with Crippen molar-refractivity contribution in [3.63, 3.8) is 0 Å². The molecule has 0 fully saturated rings. The standard InChI is InChI=1S/C18H12O6/c1-9(19)23-14-8-4-6-12-16(14)17(22)11-5-3-7-13(21)15(11)18(12)24-10(2)20/h3-8H,1-2H3. The molecule has 6 nitrogen and oxygen atoms in total. The van der Waals surface area contributed by atoms with E-state index < -0.39 is 23.5 Å². The highest BCUT2D eigenvalue weighted by Crippen LogP contribution is 2.41. The molecule has 0 spiro atoms. The van der Waals surface area contributed by atoms with E-state index in [1.165, 1.54) is 44.2 Å². The second-order valence-electron chi connectivity index (χ2n) is 5.20. The van der Waals surface area contributed by atoms with Crippen LogP contribution < -0.4 is 4.74 Å². The van der Waals surface area contributed by atoms with Gasteiger partial charge in [0.1, 0.15) is 5.75 Å². The highest BCUT2D eigenvalue weighted by molar-refractivity contribution is 6.29. The van der Waals surface area contributed by atoms with Gasteiger partial charge in [0.15, 0.2) is 17.3 Å². The molecule has 0 saturated heterocycles. The van der Waals surface area contributed by atoms with Crippen molar-refractivity contribution in [3.8, 4) is 5.75 Å². The Kier molecular flexibility index (Phi) is 3.73. The third kappa shape index (κ3) is 2.48. The predicted octanol–water partition coefficient (Wildman–Crippen LogP) is 2.15. The molecule has 0 radical (unpaired) electrons. The molecule has 0 saturated carbocycles. The van der Waals surface area contributed by atoms with Crippen molar-refractivity contribution in [2.24, 2.45) is 0 Å². The minimum atomic E-state index is -0.627. The molecule has 120 valence electrons. The van der Waals surface area contributed by atoms with Crippen LogP contribution in [0.5, 0.6) is 5.75 Å². The fourth-order valence-electron chi connectivity index (χ4n) is 2.67. The lowest BCUT2D eigenvalue weighted by Crippen LogP contribution is -2.24. The largest absolute Gasteiger partial charge is 0.426 e. The lowest BCUT2D eigenvalue weighted by atomic mass is 9.81. The Labute approximate surface area is 137 Å². The summed E-state index contributed by atoms with van der Waals surface area (Å²) >= 11 is 0. The molecule has 2 aliphatic rings. The molecule has 0 amide bonds. The molecule has 0 aromatic heterocycles. The Bertz CT molecular complexity index is 898. The van der Waals surface area contributed by atoms with Gasteiger partial charge in [-0.25, -0.2) is 0 Å². The zero-order valence-corrected chi connectivity index (χ0v) is 12.9. The number of carbonyl (C=O) groups excluding carboxylic acids is 4. The second kappa shape index (κ2) is 5.73. The van der Waals surface area contributed by atoms with Gasteiger partial charge in [-0.2, -0.15) is 0 Å². The van der Waals surface area contributed by atoms with Gasteiger partial charge >= 0.3 is 11.9 Å². The van der Waals surface area contributed by atoms with Gasteiger partial charge < -0.3 is 9.47 Å². The van der Waals surface area contributed by atoms with Crippen LogP contribution in [0, 0.1) is 0 Å². The van der Waals surface area contributed by atoms with Crippen molar-refractivity contribution in [2.75, 3.05) is 0 Å². The van der Waals surface area contributed by atoms with Gasteiger partial charge in [0.05, 0.1) is 11.1 Å². The summed E-state index contributed by atoms with van der Waals surface area (Å²) in [6, 6.07) is 4.55. The molecule has 2 aliphatic carbocycles. The first kappa shape index (κ1) is 15.6. The van der Waals surface area contributed by atoms with Crippen LogP contribution in [0.2, 0.25) is 0 Å². The number of hydrogen-bond donors (Lipinski definition) is 0. The van der Waals surface area contributed by atoms with E-state index in [2.05, 4.69) is 0 Å². The minimum Gasteiger partial charge on any atom is -0.426 e. The van der Waals surface area contributed by atoms with Crippen molar-refractivity contribution in [1.29, 1.82) is 0 Å². The molecule has 0 bridgehead atoms. The first-order chi connectivity index (χ1) is 11.4. The fraction of sp³-hybridized carbons (Fsp3) is 0.111. The van der Waals surface area contributed by atoms with Crippen LogP contribution in [0.3, 0.4) is 0 Å². The van der Waals surface area contributed by atoms with Crippen LogP contribution in [-0.2, 0) is 19.1 Å². The summed E-state index contributed by atoms with van der Waals surface area (Å²) in [6.07, 6.45) is 4.20. The summed E-state index contributed by atoms with van der Waals surface area (Å²) in [6.45, 7) is 2.42. The number of hydrogen-bond acceptors (Lipinski definition) is 6. The highest BCUT2D eigenvalue weighted by Gasteiger charge is 2.37. The van der Waals surface area contributed by atoms with E-state index >= 15 is 0 Å². The number of fused-ring (bicyclic) bond motifs is 2. The van der Waals surface area contributed by atoms with Gasteiger partial charge in [0.2, 0.25) is 0 Å². The average Bonchev–Trinajstić information content (AvgIpc) is 2.50. The molecule has 0 heterocycles. The number of rotatable bonds is 2. The first-order valence-corrected chi connectivity index (χ1v) is 7.12. The Morgan fingerprint density at radius 2 is 1.71 bits per heavy atom. The first-order valence-electron chi connectivity index (χ1n) is 7.12. The molecule has 1 aromatic rings. The van der Waals surface area contributed by atoms with Crippen LogP contribution >= 0.6 is 0 Å². The van der Waals surface area contributed by atoms with E-state index in [9.17, 15) is 19.2 Å². The van der Waals surface area contributed by atoms with E-state index in [-0.39, 0.29) is 33.8 Å². The molecule has 24 heavy (non-hydrogen) atoms. The maximum absolute atomic E-state index is 12.8. The quantitative estimate of drug-likeness (QED) is 0.612. The Morgan fingerprint density at radius 1 is 1.00 bits per heavy atom. The second-order valence-corrected chi connectivity index (χ2v) is 5.20. The van der Waals surface area contributed by atoms with Crippen LogP contribution in [-0.4, -0.2) is 23.5 Å². The number of carbonyl (C=O) groups is 4. The minimum absolute atomic E-state index is 0.00768. The van der Waals surface area contributed by atoms with Gasteiger partial charge in [-0.15, -0.1) is 0 Å². The molecule has 0 aliphatic heterocycles. The Hall–Kier alpha value is -3.28. The van der Waals surface area contributed by atoms with E-state index in [0.717, 1.165) is 0 Å². The monoisotopic (exact) mass is 324 g/mol. The lowest BCUT2D eigenvalue weighted by molar-refractivity contribution is -0.134. The van der Waals surface area contributed by atoms with Gasteiger partial charge in [-0.3, -0.25) is 19.2 Å². The average molecular weight is 324 g/mol. The molecule has 1 aromatic carbocycles. The predicted molar refractivity (Wildman–Crippen MR) is 83.0 cm³/mol. The topological polar surface area (TPSA) is 86.7 Å². The molecule has 6 heteroatoms. The summed E-state index contributed by atoms with van der Waals surface area (Å²) in [7, 11) is 0. The van der Waals surface area contributed by atoms with Crippen molar-refractivity contribution in [3.05, 3.63) is 58.7 Å². The Balaban J connectivity index is 2.32. The van der Waals surface area contributed by atoms with E-state index in [4.69, 9.17) is 9.47 Å². The van der Waals surface area contributed by atoms with E-state index in [0.29, 0.717) is 0 Å². The zero-order valence-electron chi connectivity index (χ0n) is 12.9. The number of Topliss-reactive ketones (excluding diaryl/α,β-unsaturated/α-hetero) is 1. The third-order valence-electron chi connectivity index (χ3n) is 3.50. The van der Waals surface area contributed by atoms with Gasteiger partial charge in [-0.1, -0.05) is 24.3 Å². The number of ether oxygens (including phenoxy) is 2. The van der Waals surface area contributed by atoms with Crippen LogP contribution in [0.1, 0.15) is 29.8 Å². The van der Waals surface area contributed by atoms with Gasteiger partial charge in [-0.05, 0) is 12.1 Å². The zero-order chi connectivity index (χ0) is 17.4. The molecular weight excluding hydrogens is 312 g/mol. The number of ketones is 2. The van der Waals surface area contributed by atoms with Crippen LogP contribution in [0.4, 0.5) is 0 Å². The maximum atomic E-state index is 12.8. The van der Waals surface area contributed by atoms with Crippen molar-refractivity contribution < 1.29 is 28.7 Å². The van der Waals surface area contributed by atoms with E-state index in [1.807, 2.05) is 0 Å². The molecule has 0 atom stereocenters. The smallest absolute Gasteiger partial charge is 0.308 e. The SMILES string of the molecule is CC(=O)OC1=C2C(=O)C=CC=C2C(=O)c2c(OC(C)=O)cccc21. The number of esters is 2. The number of allylic oxidation sites excluding steroid dienone is 5. The summed E-state index contributed by atoms with van der Waals surface area (Å²) in [5.74, 6) is -2.07. The fourth-order valence-corrected chi connectivity index (χ4v) is 2.67. The molecular formula is C18H12O6. The van der Waals surface area contributed by atoms with Crippen molar-refractivity contribution >= 4 is 29.3 Å².